The highest BCUT2D eigenvalue weighted by atomic mass is 16.6. The van der Waals surface area contributed by atoms with Gasteiger partial charge < -0.3 is 19.2 Å². The fraction of sp³-hybridized carbons (Fsp3) is 0.261. The fourth-order valence-electron chi connectivity index (χ4n) is 2.82. The Labute approximate surface area is 173 Å². The molecule has 0 aliphatic rings. The molecule has 7 heteroatoms. The van der Waals surface area contributed by atoms with Crippen molar-refractivity contribution < 1.29 is 23.5 Å². The van der Waals surface area contributed by atoms with Gasteiger partial charge in [0, 0.05) is 18.0 Å². The summed E-state index contributed by atoms with van der Waals surface area (Å²) in [4.78, 5) is 36.0. The second-order valence-electron chi connectivity index (χ2n) is 6.99. The molecule has 1 N–H and O–H groups in total. The van der Waals surface area contributed by atoms with Crippen LogP contribution < -0.4 is 20.4 Å². The van der Waals surface area contributed by atoms with Crippen LogP contribution >= 0.6 is 0 Å². The molecule has 1 aromatic heterocycles. The van der Waals surface area contributed by atoms with Crippen molar-refractivity contribution in [2.45, 2.75) is 26.7 Å². The molecule has 0 saturated carbocycles. The highest BCUT2D eigenvalue weighted by Crippen LogP contribution is 2.21. The van der Waals surface area contributed by atoms with Gasteiger partial charge in [-0.25, -0.2) is 9.59 Å². The quantitative estimate of drug-likeness (QED) is 0.364. The zero-order valence-electron chi connectivity index (χ0n) is 17.1. The van der Waals surface area contributed by atoms with Crippen molar-refractivity contribution in [3.8, 4) is 11.5 Å². The Morgan fingerprint density at radius 1 is 1.03 bits per heavy atom. The molecule has 0 saturated heterocycles. The largest absolute Gasteiger partial charge is 0.482 e. The summed E-state index contributed by atoms with van der Waals surface area (Å²) in [5, 5.41) is 3.10. The van der Waals surface area contributed by atoms with Gasteiger partial charge in [0.25, 0.3) is 5.91 Å². The third-order valence-electron chi connectivity index (χ3n) is 4.42. The molecule has 3 rings (SSSR count). The highest BCUT2D eigenvalue weighted by Gasteiger charge is 2.14. The number of hydrogen-bond donors (Lipinski definition) is 1. The number of rotatable bonds is 7. The van der Waals surface area contributed by atoms with Gasteiger partial charge in [0.1, 0.15) is 22.6 Å². The van der Waals surface area contributed by atoms with Crippen LogP contribution in [0.25, 0.3) is 11.0 Å². The van der Waals surface area contributed by atoms with Gasteiger partial charge in [-0.05, 0) is 48.7 Å². The molecule has 0 aliphatic carbocycles. The summed E-state index contributed by atoms with van der Waals surface area (Å²) in [6.45, 7) is 6.08. The summed E-state index contributed by atoms with van der Waals surface area (Å²) < 4.78 is 15.9. The number of hydrogen-bond acceptors (Lipinski definition) is 6. The molecule has 7 nitrogen and oxygen atoms in total. The number of carbonyl (C=O) groups is 2. The molecular formula is C23H23NO6. The highest BCUT2D eigenvalue weighted by molar-refractivity contribution is 5.96. The van der Waals surface area contributed by atoms with E-state index in [1.807, 2.05) is 12.1 Å². The fourth-order valence-corrected chi connectivity index (χ4v) is 2.82. The van der Waals surface area contributed by atoms with Gasteiger partial charge in [0.05, 0.1) is 0 Å². The predicted molar refractivity (Wildman–Crippen MR) is 112 cm³/mol. The Morgan fingerprint density at radius 3 is 2.40 bits per heavy atom. The average Bonchev–Trinajstić information content (AvgIpc) is 2.72. The van der Waals surface area contributed by atoms with Crippen molar-refractivity contribution in [2.75, 3.05) is 13.2 Å². The lowest BCUT2D eigenvalue weighted by Gasteiger charge is -2.09. The van der Waals surface area contributed by atoms with Crippen LogP contribution in [-0.2, 0) is 4.79 Å². The Kier molecular flexibility index (Phi) is 6.51. The van der Waals surface area contributed by atoms with Crippen molar-refractivity contribution in [3.05, 3.63) is 70.1 Å². The Bertz CT molecular complexity index is 1110. The van der Waals surface area contributed by atoms with E-state index in [0.717, 1.165) is 0 Å². The lowest BCUT2D eigenvalue weighted by atomic mass is 10.0. The van der Waals surface area contributed by atoms with Crippen molar-refractivity contribution in [1.82, 2.24) is 5.32 Å². The maximum atomic E-state index is 12.1. The lowest BCUT2D eigenvalue weighted by molar-refractivity contribution is -0.136. The normalized spacial score (nSPS) is 10.8. The van der Waals surface area contributed by atoms with Crippen LogP contribution in [0.3, 0.4) is 0 Å². The average molecular weight is 409 g/mol. The molecule has 0 unspecified atom stereocenters. The zero-order valence-corrected chi connectivity index (χ0v) is 17.1. The SMILES string of the molecule is CCNC(=O)c1cc2ccc(OC(=O)COc3ccc(C(C)C)cc3)cc2oc1=O. The molecule has 0 radical (unpaired) electrons. The number of esters is 1. The molecule has 0 spiro atoms. The minimum absolute atomic E-state index is 0.0778. The van der Waals surface area contributed by atoms with Crippen molar-refractivity contribution in [3.63, 3.8) is 0 Å². The first-order valence-electron chi connectivity index (χ1n) is 9.67. The van der Waals surface area contributed by atoms with Crippen LogP contribution in [0.1, 0.15) is 42.6 Å². The number of benzene rings is 2. The summed E-state index contributed by atoms with van der Waals surface area (Å²) in [7, 11) is 0. The van der Waals surface area contributed by atoms with Gasteiger partial charge in [0.2, 0.25) is 0 Å². The van der Waals surface area contributed by atoms with Gasteiger partial charge in [-0.3, -0.25) is 4.79 Å². The summed E-state index contributed by atoms with van der Waals surface area (Å²) in [6, 6.07) is 13.5. The molecule has 30 heavy (non-hydrogen) atoms. The zero-order chi connectivity index (χ0) is 21.7. The van der Waals surface area contributed by atoms with Gasteiger partial charge in [0.15, 0.2) is 6.61 Å². The van der Waals surface area contributed by atoms with Crippen LogP contribution in [-0.4, -0.2) is 25.0 Å². The molecule has 0 bridgehead atoms. The molecule has 1 amide bonds. The molecular weight excluding hydrogens is 386 g/mol. The monoisotopic (exact) mass is 409 g/mol. The van der Waals surface area contributed by atoms with E-state index in [1.54, 1.807) is 31.2 Å². The van der Waals surface area contributed by atoms with E-state index in [-0.39, 0.29) is 23.5 Å². The third-order valence-corrected chi connectivity index (χ3v) is 4.42. The number of fused-ring (bicyclic) bond motifs is 1. The minimum Gasteiger partial charge on any atom is -0.482 e. The van der Waals surface area contributed by atoms with Crippen LogP contribution in [0, 0.1) is 0 Å². The predicted octanol–water partition coefficient (Wildman–Crippen LogP) is 3.65. The smallest absolute Gasteiger partial charge is 0.349 e. The topological polar surface area (TPSA) is 94.8 Å². The summed E-state index contributed by atoms with van der Waals surface area (Å²) in [5.74, 6) is 0.0961. The number of amides is 1. The third kappa shape index (κ3) is 5.05. The summed E-state index contributed by atoms with van der Waals surface area (Å²) >= 11 is 0. The maximum absolute atomic E-state index is 12.1. The molecule has 1 heterocycles. The molecule has 0 aliphatic heterocycles. The Hall–Kier alpha value is -3.61. The van der Waals surface area contributed by atoms with Gasteiger partial charge in [-0.2, -0.15) is 0 Å². The van der Waals surface area contributed by atoms with Crippen molar-refractivity contribution in [2.24, 2.45) is 0 Å². The van der Waals surface area contributed by atoms with E-state index < -0.39 is 17.5 Å². The summed E-state index contributed by atoms with van der Waals surface area (Å²) in [5.41, 5.74) is 0.553. The van der Waals surface area contributed by atoms with Gasteiger partial charge >= 0.3 is 11.6 Å². The Morgan fingerprint density at radius 2 is 1.73 bits per heavy atom. The molecule has 0 atom stereocenters. The Balaban J connectivity index is 1.66. The van der Waals surface area contributed by atoms with Crippen molar-refractivity contribution >= 4 is 22.8 Å². The first-order valence-corrected chi connectivity index (χ1v) is 9.67. The number of ether oxygens (including phenoxy) is 2. The first-order chi connectivity index (χ1) is 14.4. The van der Waals surface area contributed by atoms with Crippen LogP contribution in [0.5, 0.6) is 11.5 Å². The minimum atomic E-state index is -0.759. The van der Waals surface area contributed by atoms with Crippen LogP contribution in [0.4, 0.5) is 0 Å². The van der Waals surface area contributed by atoms with E-state index >= 15 is 0 Å². The summed E-state index contributed by atoms with van der Waals surface area (Å²) in [6.07, 6.45) is 0. The van der Waals surface area contributed by atoms with E-state index in [4.69, 9.17) is 13.9 Å². The van der Waals surface area contributed by atoms with Gasteiger partial charge in [-0.15, -0.1) is 0 Å². The van der Waals surface area contributed by atoms with E-state index in [1.165, 1.54) is 17.7 Å². The lowest BCUT2D eigenvalue weighted by Crippen LogP contribution is -2.27. The van der Waals surface area contributed by atoms with E-state index in [2.05, 4.69) is 19.2 Å². The molecule has 156 valence electrons. The second-order valence-corrected chi connectivity index (χ2v) is 6.99. The molecule has 3 aromatic rings. The van der Waals surface area contributed by atoms with Crippen LogP contribution in [0.2, 0.25) is 0 Å². The molecule has 2 aromatic carbocycles. The van der Waals surface area contributed by atoms with E-state index in [9.17, 15) is 14.4 Å². The second kappa shape index (κ2) is 9.26. The first kappa shape index (κ1) is 21.1. The number of carbonyl (C=O) groups excluding carboxylic acids is 2. The maximum Gasteiger partial charge on any atom is 0.349 e. The van der Waals surface area contributed by atoms with Crippen LogP contribution in [0.15, 0.2) is 57.7 Å². The van der Waals surface area contributed by atoms with Crippen molar-refractivity contribution in [1.29, 1.82) is 0 Å². The molecule has 0 fully saturated rings. The van der Waals surface area contributed by atoms with Gasteiger partial charge in [-0.1, -0.05) is 26.0 Å². The standard InChI is InChI=1S/C23H23NO6/c1-4-24-22(26)19-11-16-7-10-18(12-20(16)30-23(19)27)29-21(25)13-28-17-8-5-15(6-9-17)14(2)3/h5-12,14H,4,13H2,1-3H3,(H,24,26). The number of nitrogens with one attached hydrogen (secondary N) is 1. The van der Waals surface area contributed by atoms with E-state index in [0.29, 0.717) is 23.6 Å².